The van der Waals surface area contributed by atoms with Crippen LogP contribution in [-0.2, 0) is 0 Å². The van der Waals surface area contributed by atoms with Crippen LogP contribution in [0, 0.1) is 0 Å². The molecule has 0 aromatic rings. The average Bonchev–Trinajstić information content (AvgIpc) is 1.82. The molecule has 1 heteroatoms. The summed E-state index contributed by atoms with van der Waals surface area (Å²) in [5.74, 6) is 0. The molecule has 0 aliphatic heterocycles. The van der Waals surface area contributed by atoms with Crippen molar-refractivity contribution in [2.24, 2.45) is 0 Å². The molecule has 0 N–H and O–H groups in total. The third-order valence-electron chi connectivity index (χ3n) is 2.94. The molecule has 0 aromatic carbocycles. The lowest BCUT2D eigenvalue weighted by atomic mass is 9.91. The van der Waals surface area contributed by atoms with Crippen LogP contribution in [0.4, 0.5) is 0 Å². The summed E-state index contributed by atoms with van der Waals surface area (Å²) in [7, 11) is 2.26. The largest absolute Gasteiger partial charge is 0.301 e. The molecule has 1 nitrogen and oxygen atoms in total. The molecule has 1 rings (SSSR count). The van der Waals surface area contributed by atoms with E-state index in [4.69, 9.17) is 0 Å². The summed E-state index contributed by atoms with van der Waals surface area (Å²) in [4.78, 5) is 2.53. The zero-order valence-corrected chi connectivity index (χ0v) is 7.43. The van der Waals surface area contributed by atoms with Crippen LogP contribution in [0.15, 0.2) is 0 Å². The first-order valence-corrected chi connectivity index (χ1v) is 4.47. The van der Waals surface area contributed by atoms with Gasteiger partial charge < -0.3 is 4.90 Å². The molecule has 10 heavy (non-hydrogen) atoms. The molecule has 0 heterocycles. The van der Waals surface area contributed by atoms with E-state index in [-0.39, 0.29) is 0 Å². The SMILES string of the molecule is CCC(C)N(C)C1CCC1. The fourth-order valence-corrected chi connectivity index (χ4v) is 1.44. The lowest BCUT2D eigenvalue weighted by molar-refractivity contribution is 0.116. The summed E-state index contributed by atoms with van der Waals surface area (Å²) < 4.78 is 0. The van der Waals surface area contributed by atoms with E-state index in [2.05, 4.69) is 25.8 Å². The molecule has 0 saturated heterocycles. The van der Waals surface area contributed by atoms with E-state index in [0.717, 1.165) is 12.1 Å². The molecule has 0 amide bonds. The molecule has 0 bridgehead atoms. The van der Waals surface area contributed by atoms with Gasteiger partial charge in [-0.05, 0) is 33.2 Å². The summed E-state index contributed by atoms with van der Waals surface area (Å²) >= 11 is 0. The van der Waals surface area contributed by atoms with Crippen LogP contribution in [0.3, 0.4) is 0 Å². The van der Waals surface area contributed by atoms with Gasteiger partial charge in [0.15, 0.2) is 0 Å². The van der Waals surface area contributed by atoms with Crippen LogP contribution >= 0.6 is 0 Å². The third-order valence-corrected chi connectivity index (χ3v) is 2.94. The highest BCUT2D eigenvalue weighted by atomic mass is 15.2. The fourth-order valence-electron chi connectivity index (χ4n) is 1.44. The summed E-state index contributed by atoms with van der Waals surface area (Å²) in [6.07, 6.45) is 5.60. The Kier molecular flexibility index (Phi) is 2.72. The monoisotopic (exact) mass is 141 g/mol. The Morgan fingerprint density at radius 2 is 2.10 bits per heavy atom. The zero-order chi connectivity index (χ0) is 7.56. The Morgan fingerprint density at radius 3 is 2.40 bits per heavy atom. The van der Waals surface area contributed by atoms with Gasteiger partial charge in [0.2, 0.25) is 0 Å². The van der Waals surface area contributed by atoms with Crippen molar-refractivity contribution in [1.82, 2.24) is 4.90 Å². The van der Waals surface area contributed by atoms with Crippen molar-refractivity contribution in [3.63, 3.8) is 0 Å². The summed E-state index contributed by atoms with van der Waals surface area (Å²) in [5.41, 5.74) is 0. The van der Waals surface area contributed by atoms with Crippen LogP contribution in [-0.4, -0.2) is 24.0 Å². The Hall–Kier alpha value is -0.0400. The number of hydrogen-bond acceptors (Lipinski definition) is 1. The zero-order valence-electron chi connectivity index (χ0n) is 7.43. The maximum Gasteiger partial charge on any atom is 0.00950 e. The first-order chi connectivity index (χ1) is 4.75. The molecule has 1 atom stereocenters. The van der Waals surface area contributed by atoms with E-state index < -0.39 is 0 Å². The molecule has 0 aromatic heterocycles. The van der Waals surface area contributed by atoms with Gasteiger partial charge in [-0.25, -0.2) is 0 Å². The van der Waals surface area contributed by atoms with Gasteiger partial charge >= 0.3 is 0 Å². The maximum absolute atomic E-state index is 2.53. The van der Waals surface area contributed by atoms with Crippen LogP contribution < -0.4 is 0 Å². The van der Waals surface area contributed by atoms with Gasteiger partial charge in [0, 0.05) is 12.1 Å². The molecule has 1 saturated carbocycles. The minimum absolute atomic E-state index is 0.783. The molecule has 0 radical (unpaired) electrons. The second-order valence-electron chi connectivity index (χ2n) is 3.51. The molecular formula is C9H19N. The van der Waals surface area contributed by atoms with Gasteiger partial charge in [-0.1, -0.05) is 13.3 Å². The van der Waals surface area contributed by atoms with Gasteiger partial charge in [0.1, 0.15) is 0 Å². The molecule has 1 aliphatic carbocycles. The maximum atomic E-state index is 2.53. The van der Waals surface area contributed by atoms with Crippen molar-refractivity contribution >= 4 is 0 Å². The minimum atomic E-state index is 0.783. The van der Waals surface area contributed by atoms with Crippen molar-refractivity contribution in [2.45, 2.75) is 51.6 Å². The second-order valence-corrected chi connectivity index (χ2v) is 3.51. The normalized spacial score (nSPS) is 22.8. The topological polar surface area (TPSA) is 3.24 Å². The second kappa shape index (κ2) is 3.38. The van der Waals surface area contributed by atoms with E-state index in [9.17, 15) is 0 Å². The van der Waals surface area contributed by atoms with Gasteiger partial charge in [0.25, 0.3) is 0 Å². The third kappa shape index (κ3) is 1.51. The highest BCUT2D eigenvalue weighted by Crippen LogP contribution is 2.25. The van der Waals surface area contributed by atoms with Crippen LogP contribution in [0.1, 0.15) is 39.5 Å². The van der Waals surface area contributed by atoms with Crippen molar-refractivity contribution in [3.8, 4) is 0 Å². The predicted molar refractivity (Wildman–Crippen MR) is 45.2 cm³/mol. The van der Waals surface area contributed by atoms with Gasteiger partial charge in [-0.2, -0.15) is 0 Å². The molecule has 1 aliphatic rings. The standard InChI is InChI=1S/C9H19N/c1-4-8(2)10(3)9-6-5-7-9/h8-9H,4-7H2,1-3H3. The summed E-state index contributed by atoms with van der Waals surface area (Å²) in [6.45, 7) is 4.58. The lowest BCUT2D eigenvalue weighted by Gasteiger charge is -2.38. The molecular weight excluding hydrogens is 122 g/mol. The average molecular weight is 141 g/mol. The van der Waals surface area contributed by atoms with E-state index in [1.807, 2.05) is 0 Å². The van der Waals surface area contributed by atoms with Crippen molar-refractivity contribution in [1.29, 1.82) is 0 Å². The molecule has 60 valence electrons. The number of nitrogens with zero attached hydrogens (tertiary/aromatic N) is 1. The molecule has 1 unspecified atom stereocenters. The quantitative estimate of drug-likeness (QED) is 0.583. The highest BCUT2D eigenvalue weighted by Gasteiger charge is 2.24. The van der Waals surface area contributed by atoms with Gasteiger partial charge in [0.05, 0.1) is 0 Å². The highest BCUT2D eigenvalue weighted by molar-refractivity contribution is 4.80. The Balaban J connectivity index is 2.24. The van der Waals surface area contributed by atoms with Crippen molar-refractivity contribution in [3.05, 3.63) is 0 Å². The van der Waals surface area contributed by atoms with Crippen molar-refractivity contribution in [2.75, 3.05) is 7.05 Å². The molecule has 1 fully saturated rings. The number of hydrogen-bond donors (Lipinski definition) is 0. The van der Waals surface area contributed by atoms with E-state index in [1.54, 1.807) is 0 Å². The van der Waals surface area contributed by atoms with Crippen LogP contribution in [0.25, 0.3) is 0 Å². The van der Waals surface area contributed by atoms with Crippen LogP contribution in [0.2, 0.25) is 0 Å². The smallest absolute Gasteiger partial charge is 0.00950 e. The number of rotatable bonds is 3. The van der Waals surface area contributed by atoms with Gasteiger partial charge in [-0.15, -0.1) is 0 Å². The molecule has 0 spiro atoms. The minimum Gasteiger partial charge on any atom is -0.301 e. The van der Waals surface area contributed by atoms with E-state index >= 15 is 0 Å². The summed E-state index contributed by atoms with van der Waals surface area (Å²) in [5, 5.41) is 0. The van der Waals surface area contributed by atoms with E-state index in [1.165, 1.54) is 25.7 Å². The lowest BCUT2D eigenvalue weighted by Crippen LogP contribution is -2.42. The summed E-state index contributed by atoms with van der Waals surface area (Å²) in [6, 6.07) is 1.69. The fraction of sp³-hybridized carbons (Fsp3) is 1.00. The first-order valence-electron chi connectivity index (χ1n) is 4.47. The Morgan fingerprint density at radius 1 is 1.50 bits per heavy atom. The van der Waals surface area contributed by atoms with Gasteiger partial charge in [-0.3, -0.25) is 0 Å². The van der Waals surface area contributed by atoms with Crippen molar-refractivity contribution < 1.29 is 0 Å². The Labute approximate surface area is 64.4 Å². The first kappa shape index (κ1) is 8.06. The predicted octanol–water partition coefficient (Wildman–Crippen LogP) is 2.27. The van der Waals surface area contributed by atoms with E-state index in [0.29, 0.717) is 0 Å². The Bertz CT molecular complexity index is 92.1. The van der Waals surface area contributed by atoms with Crippen LogP contribution in [0.5, 0.6) is 0 Å².